The lowest BCUT2D eigenvalue weighted by Gasteiger charge is -2.20. The molecule has 1 fully saturated rings. The van der Waals surface area contributed by atoms with Crippen molar-refractivity contribution in [1.29, 1.82) is 0 Å². The van der Waals surface area contributed by atoms with Crippen molar-refractivity contribution in [1.82, 2.24) is 10.6 Å². The molecule has 0 aliphatic carbocycles. The highest BCUT2D eigenvalue weighted by molar-refractivity contribution is 6.01. The van der Waals surface area contributed by atoms with E-state index < -0.39 is 5.92 Å². The summed E-state index contributed by atoms with van der Waals surface area (Å²) in [6.07, 6.45) is 1.62. The number of carbonyl (C=O) groups is 3. The molecule has 1 aliphatic heterocycles. The Morgan fingerprint density at radius 3 is 2.67 bits per heavy atom. The third-order valence-corrected chi connectivity index (χ3v) is 4.82. The minimum atomic E-state index is -0.391. The molecule has 0 spiro atoms. The van der Waals surface area contributed by atoms with Crippen molar-refractivity contribution < 1.29 is 18.8 Å². The van der Waals surface area contributed by atoms with Gasteiger partial charge in [-0.3, -0.25) is 14.4 Å². The number of rotatable bonds is 6. The minimum absolute atomic E-state index is 0.0463. The van der Waals surface area contributed by atoms with Gasteiger partial charge in [-0.15, -0.1) is 0 Å². The Morgan fingerprint density at radius 1 is 1.15 bits per heavy atom. The first-order valence-corrected chi connectivity index (χ1v) is 8.93. The molecule has 1 aliphatic rings. The second kappa shape index (κ2) is 8.07. The van der Waals surface area contributed by atoms with Crippen LogP contribution in [0.15, 0.2) is 41.0 Å². The van der Waals surface area contributed by atoms with E-state index >= 15 is 0 Å². The largest absolute Gasteiger partial charge is 0.459 e. The number of hydrogen-bond donors (Lipinski definition) is 2. The zero-order valence-electron chi connectivity index (χ0n) is 15.5. The number of carbonyl (C=O) groups excluding carboxylic acids is 3. The van der Waals surface area contributed by atoms with Crippen LogP contribution in [0.25, 0.3) is 0 Å². The molecule has 1 atom stereocenters. The maximum absolute atomic E-state index is 12.4. The lowest BCUT2D eigenvalue weighted by Crippen LogP contribution is -2.38. The highest BCUT2D eigenvalue weighted by atomic mass is 16.3. The third-order valence-electron chi connectivity index (χ3n) is 4.82. The van der Waals surface area contributed by atoms with Gasteiger partial charge in [-0.2, -0.15) is 0 Å². The lowest BCUT2D eigenvalue weighted by atomic mass is 10.1. The molecule has 0 saturated carbocycles. The number of nitrogens with one attached hydrogen (secondary N) is 2. The molecule has 2 aromatic rings. The molecular weight excluding hydrogens is 346 g/mol. The van der Waals surface area contributed by atoms with Gasteiger partial charge in [-0.05, 0) is 43.2 Å². The SMILES string of the molecule is Cc1cccc(N2C[C@@H](C(=O)NCCNC(=O)c3ccco3)CC2=O)c1C. The van der Waals surface area contributed by atoms with Crippen LogP contribution in [-0.2, 0) is 9.59 Å². The Kier molecular flexibility index (Phi) is 5.59. The van der Waals surface area contributed by atoms with Crippen LogP contribution in [0.4, 0.5) is 5.69 Å². The summed E-state index contributed by atoms with van der Waals surface area (Å²) in [7, 11) is 0. The molecule has 2 heterocycles. The van der Waals surface area contributed by atoms with Crippen LogP contribution in [-0.4, -0.2) is 37.4 Å². The summed E-state index contributed by atoms with van der Waals surface area (Å²) in [5, 5.41) is 5.44. The van der Waals surface area contributed by atoms with Crippen LogP contribution in [0, 0.1) is 19.8 Å². The molecule has 7 nitrogen and oxygen atoms in total. The van der Waals surface area contributed by atoms with E-state index in [1.165, 1.54) is 6.26 Å². The van der Waals surface area contributed by atoms with E-state index in [1.54, 1.807) is 17.0 Å². The van der Waals surface area contributed by atoms with Crippen LogP contribution in [0.3, 0.4) is 0 Å². The Labute approximate surface area is 157 Å². The Balaban J connectivity index is 1.49. The van der Waals surface area contributed by atoms with Gasteiger partial charge in [0.1, 0.15) is 0 Å². The van der Waals surface area contributed by atoms with Crippen molar-refractivity contribution in [3.8, 4) is 0 Å². The van der Waals surface area contributed by atoms with Gasteiger partial charge >= 0.3 is 0 Å². The molecule has 142 valence electrons. The Hall–Kier alpha value is -3.09. The Morgan fingerprint density at radius 2 is 1.93 bits per heavy atom. The number of hydrogen-bond acceptors (Lipinski definition) is 4. The molecule has 1 aromatic carbocycles. The third kappa shape index (κ3) is 4.19. The highest BCUT2D eigenvalue weighted by Crippen LogP contribution is 2.29. The number of furan rings is 1. The van der Waals surface area contributed by atoms with Crippen molar-refractivity contribution >= 4 is 23.4 Å². The molecule has 27 heavy (non-hydrogen) atoms. The summed E-state index contributed by atoms with van der Waals surface area (Å²) in [5.74, 6) is -0.713. The molecule has 7 heteroatoms. The summed E-state index contributed by atoms with van der Waals surface area (Å²) in [5.41, 5.74) is 3.02. The van der Waals surface area contributed by atoms with Gasteiger partial charge in [0.2, 0.25) is 11.8 Å². The van der Waals surface area contributed by atoms with Crippen molar-refractivity contribution in [2.75, 3.05) is 24.5 Å². The second-order valence-corrected chi connectivity index (χ2v) is 6.65. The fourth-order valence-corrected chi connectivity index (χ4v) is 3.14. The van der Waals surface area contributed by atoms with Crippen molar-refractivity contribution in [3.63, 3.8) is 0 Å². The summed E-state index contributed by atoms with van der Waals surface area (Å²) >= 11 is 0. The lowest BCUT2D eigenvalue weighted by molar-refractivity contribution is -0.126. The smallest absolute Gasteiger partial charge is 0.287 e. The molecule has 0 unspecified atom stereocenters. The van der Waals surface area contributed by atoms with Crippen molar-refractivity contribution in [2.24, 2.45) is 5.92 Å². The molecule has 3 amide bonds. The second-order valence-electron chi connectivity index (χ2n) is 6.65. The zero-order valence-corrected chi connectivity index (χ0v) is 15.5. The standard InChI is InChI=1S/C20H23N3O4/c1-13-5-3-6-16(14(13)2)23-12-15(11-18(23)24)19(25)21-8-9-22-20(26)17-7-4-10-27-17/h3-7,10,15H,8-9,11-12H2,1-2H3,(H,21,25)(H,22,26)/t15-/m0/s1. The molecule has 0 bridgehead atoms. The van der Waals surface area contributed by atoms with E-state index in [9.17, 15) is 14.4 Å². The average Bonchev–Trinajstić information content (AvgIpc) is 3.31. The van der Waals surface area contributed by atoms with Gasteiger partial charge in [0.15, 0.2) is 5.76 Å². The maximum atomic E-state index is 12.4. The van der Waals surface area contributed by atoms with Crippen LogP contribution in [0.2, 0.25) is 0 Å². The quantitative estimate of drug-likeness (QED) is 0.760. The van der Waals surface area contributed by atoms with E-state index in [-0.39, 0.29) is 36.4 Å². The fourth-order valence-electron chi connectivity index (χ4n) is 3.14. The molecule has 2 N–H and O–H groups in total. The monoisotopic (exact) mass is 369 g/mol. The van der Waals surface area contributed by atoms with E-state index in [0.717, 1.165) is 16.8 Å². The minimum Gasteiger partial charge on any atom is -0.459 e. The molecule has 1 aromatic heterocycles. The molecule has 3 rings (SSSR count). The summed E-state index contributed by atoms with van der Waals surface area (Å²) in [4.78, 5) is 38.2. The van der Waals surface area contributed by atoms with Crippen LogP contribution >= 0.6 is 0 Å². The average molecular weight is 369 g/mol. The first-order chi connectivity index (χ1) is 13.0. The van der Waals surface area contributed by atoms with Crippen molar-refractivity contribution in [2.45, 2.75) is 20.3 Å². The number of anilines is 1. The van der Waals surface area contributed by atoms with E-state index in [2.05, 4.69) is 10.6 Å². The number of aryl methyl sites for hydroxylation is 1. The van der Waals surface area contributed by atoms with Crippen molar-refractivity contribution in [3.05, 3.63) is 53.5 Å². The fraction of sp³-hybridized carbons (Fsp3) is 0.350. The van der Waals surface area contributed by atoms with Crippen LogP contribution in [0.1, 0.15) is 28.1 Å². The molecule has 0 radical (unpaired) electrons. The van der Waals surface area contributed by atoms with E-state index in [1.807, 2.05) is 32.0 Å². The maximum Gasteiger partial charge on any atom is 0.287 e. The summed E-state index contributed by atoms with van der Waals surface area (Å²) < 4.78 is 5.00. The number of nitrogens with zero attached hydrogens (tertiary/aromatic N) is 1. The topological polar surface area (TPSA) is 91.7 Å². The number of amides is 3. The van der Waals surface area contributed by atoms with Gasteiger partial charge < -0.3 is 20.0 Å². The molecule has 1 saturated heterocycles. The van der Waals surface area contributed by atoms with Gasteiger partial charge in [-0.25, -0.2) is 0 Å². The predicted octanol–water partition coefficient (Wildman–Crippen LogP) is 1.80. The summed E-state index contributed by atoms with van der Waals surface area (Å²) in [6, 6.07) is 9.03. The normalized spacial score (nSPS) is 16.4. The van der Waals surface area contributed by atoms with Crippen LogP contribution in [0.5, 0.6) is 0 Å². The first kappa shape index (κ1) is 18.7. The Bertz CT molecular complexity index is 845. The van der Waals surface area contributed by atoms with Gasteiger partial charge in [0.25, 0.3) is 5.91 Å². The molecular formula is C20H23N3O4. The van der Waals surface area contributed by atoms with Gasteiger partial charge in [0, 0.05) is 31.7 Å². The van der Waals surface area contributed by atoms with E-state index in [4.69, 9.17) is 4.42 Å². The zero-order chi connectivity index (χ0) is 19.4. The number of benzene rings is 1. The van der Waals surface area contributed by atoms with Gasteiger partial charge in [0.05, 0.1) is 12.2 Å². The summed E-state index contributed by atoms with van der Waals surface area (Å²) in [6.45, 7) is 4.92. The van der Waals surface area contributed by atoms with Crippen LogP contribution < -0.4 is 15.5 Å². The highest BCUT2D eigenvalue weighted by Gasteiger charge is 2.35. The first-order valence-electron chi connectivity index (χ1n) is 8.93. The predicted molar refractivity (Wildman–Crippen MR) is 100 cm³/mol. The van der Waals surface area contributed by atoms with E-state index in [0.29, 0.717) is 13.1 Å². The van der Waals surface area contributed by atoms with Gasteiger partial charge in [-0.1, -0.05) is 12.1 Å².